The van der Waals surface area contributed by atoms with Crippen LogP contribution in [0.2, 0.25) is 0 Å². The Bertz CT molecular complexity index is 495. The Morgan fingerprint density at radius 1 is 1.38 bits per heavy atom. The molecule has 0 fully saturated rings. The van der Waals surface area contributed by atoms with E-state index in [2.05, 4.69) is 15.0 Å². The van der Waals surface area contributed by atoms with Crippen LogP contribution in [0.25, 0.3) is 12.0 Å². The zero-order valence-corrected chi connectivity index (χ0v) is 8.29. The highest BCUT2D eigenvalue weighted by Crippen LogP contribution is 2.07. The third-order valence-corrected chi connectivity index (χ3v) is 1.84. The smallest absolute Gasteiger partial charge is 0.234 e. The van der Waals surface area contributed by atoms with E-state index in [4.69, 9.17) is 5.11 Å². The lowest BCUT2D eigenvalue weighted by atomic mass is 10.4. The maximum atomic E-state index is 12.8. The number of hydrogen-bond donors (Lipinski definition) is 1. The molecule has 0 spiro atoms. The molecular weight excluding hydrogens is 211 g/mol. The van der Waals surface area contributed by atoms with Crippen LogP contribution in [-0.4, -0.2) is 31.2 Å². The topological polar surface area (TPSA) is 63.8 Å². The Labute approximate surface area is 90.9 Å². The van der Waals surface area contributed by atoms with Gasteiger partial charge in [-0.3, -0.25) is 4.57 Å². The van der Waals surface area contributed by atoms with Crippen molar-refractivity contribution in [3.05, 3.63) is 42.5 Å². The van der Waals surface area contributed by atoms with E-state index >= 15 is 0 Å². The SMILES string of the molecule is OC/C(F)=C\c1cn(-c2ncccn2)cn1. The lowest BCUT2D eigenvalue weighted by Gasteiger charge is -1.96. The molecule has 2 aromatic rings. The highest BCUT2D eigenvalue weighted by molar-refractivity contribution is 5.46. The first-order valence-corrected chi connectivity index (χ1v) is 4.58. The van der Waals surface area contributed by atoms with Gasteiger partial charge in [0.25, 0.3) is 0 Å². The minimum Gasteiger partial charge on any atom is -0.389 e. The predicted molar refractivity (Wildman–Crippen MR) is 55.3 cm³/mol. The Morgan fingerprint density at radius 3 is 2.81 bits per heavy atom. The fourth-order valence-corrected chi connectivity index (χ4v) is 1.15. The molecule has 0 bridgehead atoms. The molecule has 1 N–H and O–H groups in total. The summed E-state index contributed by atoms with van der Waals surface area (Å²) in [6.45, 7) is -0.630. The van der Waals surface area contributed by atoms with Crippen LogP contribution in [0.3, 0.4) is 0 Å². The van der Waals surface area contributed by atoms with Crippen LogP contribution in [0.15, 0.2) is 36.8 Å². The van der Waals surface area contributed by atoms with Crippen LogP contribution in [-0.2, 0) is 0 Å². The third-order valence-electron chi connectivity index (χ3n) is 1.84. The quantitative estimate of drug-likeness (QED) is 0.836. The van der Waals surface area contributed by atoms with E-state index in [9.17, 15) is 4.39 Å². The van der Waals surface area contributed by atoms with Gasteiger partial charge in [-0.2, -0.15) is 0 Å². The van der Waals surface area contributed by atoms with Crippen molar-refractivity contribution in [2.75, 3.05) is 6.61 Å². The van der Waals surface area contributed by atoms with E-state index in [0.717, 1.165) is 6.08 Å². The molecule has 0 atom stereocenters. The van der Waals surface area contributed by atoms with E-state index < -0.39 is 12.4 Å². The molecule has 0 saturated carbocycles. The Hall–Kier alpha value is -2.08. The molecule has 0 aromatic carbocycles. The largest absolute Gasteiger partial charge is 0.389 e. The van der Waals surface area contributed by atoms with Gasteiger partial charge in [-0.15, -0.1) is 0 Å². The minimum atomic E-state index is -0.640. The van der Waals surface area contributed by atoms with Crippen molar-refractivity contribution in [1.29, 1.82) is 0 Å². The van der Waals surface area contributed by atoms with Gasteiger partial charge in [0.2, 0.25) is 5.95 Å². The van der Waals surface area contributed by atoms with E-state index in [1.54, 1.807) is 29.2 Å². The van der Waals surface area contributed by atoms with Gasteiger partial charge in [-0.1, -0.05) is 0 Å². The molecule has 0 aliphatic rings. The standard InChI is InChI=1S/C10H9FN4O/c11-8(6-16)4-9-5-15(7-14-9)10-12-2-1-3-13-10/h1-5,7,16H,6H2/b8-4+. The fourth-order valence-electron chi connectivity index (χ4n) is 1.15. The number of aliphatic hydroxyl groups is 1. The zero-order chi connectivity index (χ0) is 11.4. The number of imidazole rings is 1. The van der Waals surface area contributed by atoms with Crippen molar-refractivity contribution in [1.82, 2.24) is 19.5 Å². The van der Waals surface area contributed by atoms with Crippen LogP contribution in [0.1, 0.15) is 5.69 Å². The summed E-state index contributed by atoms with van der Waals surface area (Å²) in [5.74, 6) is -0.182. The van der Waals surface area contributed by atoms with Gasteiger partial charge >= 0.3 is 0 Å². The second-order valence-electron chi connectivity index (χ2n) is 3.00. The number of hydrogen-bond acceptors (Lipinski definition) is 4. The Morgan fingerprint density at radius 2 is 2.12 bits per heavy atom. The van der Waals surface area contributed by atoms with E-state index in [0.29, 0.717) is 11.6 Å². The fraction of sp³-hybridized carbons (Fsp3) is 0.100. The molecule has 5 nitrogen and oxygen atoms in total. The number of aliphatic hydroxyl groups excluding tert-OH is 1. The Balaban J connectivity index is 2.27. The van der Waals surface area contributed by atoms with Crippen molar-refractivity contribution in [3.63, 3.8) is 0 Å². The summed E-state index contributed by atoms with van der Waals surface area (Å²) in [7, 11) is 0. The molecule has 0 radical (unpaired) electrons. The van der Waals surface area contributed by atoms with Crippen molar-refractivity contribution in [3.8, 4) is 5.95 Å². The summed E-state index contributed by atoms with van der Waals surface area (Å²) >= 11 is 0. The molecule has 2 heterocycles. The number of halogens is 1. The second-order valence-corrected chi connectivity index (χ2v) is 3.00. The molecule has 16 heavy (non-hydrogen) atoms. The van der Waals surface area contributed by atoms with Crippen molar-refractivity contribution in [2.24, 2.45) is 0 Å². The lowest BCUT2D eigenvalue weighted by molar-refractivity contribution is 0.300. The summed E-state index contributed by atoms with van der Waals surface area (Å²) in [6.07, 6.45) is 7.41. The van der Waals surface area contributed by atoms with Crippen molar-refractivity contribution >= 4 is 6.08 Å². The Kier molecular flexibility index (Phi) is 3.02. The highest BCUT2D eigenvalue weighted by atomic mass is 19.1. The van der Waals surface area contributed by atoms with Gasteiger partial charge in [0.1, 0.15) is 12.2 Å². The van der Waals surface area contributed by atoms with Gasteiger partial charge < -0.3 is 5.11 Å². The van der Waals surface area contributed by atoms with Crippen LogP contribution in [0.5, 0.6) is 0 Å². The lowest BCUT2D eigenvalue weighted by Crippen LogP contribution is -1.96. The van der Waals surface area contributed by atoms with E-state index in [1.165, 1.54) is 6.33 Å². The van der Waals surface area contributed by atoms with Gasteiger partial charge in [-0.05, 0) is 12.1 Å². The first-order chi connectivity index (χ1) is 7.79. The molecular formula is C10H9FN4O. The van der Waals surface area contributed by atoms with Crippen LogP contribution >= 0.6 is 0 Å². The molecule has 0 amide bonds. The monoisotopic (exact) mass is 220 g/mol. The summed E-state index contributed by atoms with van der Waals surface area (Å²) < 4.78 is 14.3. The number of rotatable bonds is 3. The van der Waals surface area contributed by atoms with Crippen LogP contribution < -0.4 is 0 Å². The summed E-state index contributed by atoms with van der Waals surface area (Å²) in [5.41, 5.74) is 0.402. The molecule has 2 aromatic heterocycles. The predicted octanol–water partition coefficient (Wildman–Crippen LogP) is 0.965. The molecule has 6 heteroatoms. The maximum absolute atomic E-state index is 12.8. The highest BCUT2D eigenvalue weighted by Gasteiger charge is 2.01. The molecule has 0 unspecified atom stereocenters. The minimum absolute atomic E-state index is 0.402. The molecule has 82 valence electrons. The van der Waals surface area contributed by atoms with E-state index in [-0.39, 0.29) is 0 Å². The summed E-state index contributed by atoms with van der Waals surface area (Å²) in [4.78, 5) is 12.0. The van der Waals surface area contributed by atoms with Gasteiger partial charge in [0, 0.05) is 18.6 Å². The van der Waals surface area contributed by atoms with Gasteiger partial charge in [0.15, 0.2) is 0 Å². The van der Waals surface area contributed by atoms with Crippen molar-refractivity contribution in [2.45, 2.75) is 0 Å². The maximum Gasteiger partial charge on any atom is 0.234 e. The van der Waals surface area contributed by atoms with Gasteiger partial charge in [0.05, 0.1) is 12.3 Å². The van der Waals surface area contributed by atoms with Crippen LogP contribution in [0.4, 0.5) is 4.39 Å². The molecule has 0 aliphatic carbocycles. The molecule has 0 aliphatic heterocycles. The molecule has 2 rings (SSSR count). The first kappa shape index (κ1) is 10.4. The zero-order valence-electron chi connectivity index (χ0n) is 8.29. The van der Waals surface area contributed by atoms with Crippen LogP contribution in [0, 0.1) is 0 Å². The normalized spacial score (nSPS) is 11.8. The summed E-state index contributed by atoms with van der Waals surface area (Å²) in [5, 5.41) is 8.52. The number of nitrogens with zero attached hydrogens (tertiary/aromatic N) is 4. The average Bonchev–Trinajstić information content (AvgIpc) is 2.78. The molecule has 0 saturated heterocycles. The number of aromatic nitrogens is 4. The second kappa shape index (κ2) is 4.63. The van der Waals surface area contributed by atoms with E-state index in [1.807, 2.05) is 0 Å². The first-order valence-electron chi connectivity index (χ1n) is 4.58. The third kappa shape index (κ3) is 2.29. The summed E-state index contributed by atoms with van der Waals surface area (Å²) in [6, 6.07) is 1.70. The average molecular weight is 220 g/mol. The van der Waals surface area contributed by atoms with Gasteiger partial charge in [-0.25, -0.2) is 19.3 Å². The van der Waals surface area contributed by atoms with Crippen molar-refractivity contribution < 1.29 is 9.50 Å².